The van der Waals surface area contributed by atoms with Gasteiger partial charge in [-0.2, -0.15) is 11.8 Å². The fourth-order valence-electron chi connectivity index (χ4n) is 3.57. The number of aliphatic hydroxyl groups excluding tert-OH is 2. The molecule has 5 nitrogen and oxygen atoms in total. The van der Waals surface area contributed by atoms with Gasteiger partial charge in [0, 0.05) is 29.8 Å². The normalized spacial score (nSPS) is 23.8. The Morgan fingerprint density at radius 2 is 2.07 bits per heavy atom. The number of thioether (sulfide) groups is 1. The molecular formula is C22H36O5S. The summed E-state index contributed by atoms with van der Waals surface area (Å²) in [5, 5.41) is 28.1. The monoisotopic (exact) mass is 412 g/mol. The van der Waals surface area contributed by atoms with Gasteiger partial charge in [-0.15, -0.1) is 0 Å². The Morgan fingerprint density at radius 3 is 2.75 bits per heavy atom. The minimum atomic E-state index is -0.786. The van der Waals surface area contributed by atoms with E-state index in [0.29, 0.717) is 31.4 Å². The standard InChI is InChI=1S/C22H36O5S/c1-2-3-6-9-17(24)12-13-19-18(10-7-4-5-8-11-22(26)27)20(25)16-21(19)28-15-14-23/h4,7,12-13,17-19,21,23-24H,2-3,5-6,8-11,14-16H2,1H3,(H,26,27)/b7-4-,13-12+/t17-,18+,19+,21+/m0/s1. The largest absolute Gasteiger partial charge is 0.481 e. The number of carboxylic acids is 1. The molecule has 1 rings (SSSR count). The molecule has 1 aliphatic carbocycles. The summed E-state index contributed by atoms with van der Waals surface area (Å²) in [4.78, 5) is 23.1. The molecule has 0 saturated heterocycles. The number of hydrogen-bond donors (Lipinski definition) is 3. The van der Waals surface area contributed by atoms with Crippen molar-refractivity contribution in [1.82, 2.24) is 0 Å². The first kappa shape index (κ1) is 24.9. The fourth-order valence-corrected chi connectivity index (χ4v) is 4.76. The van der Waals surface area contributed by atoms with Crippen molar-refractivity contribution in [3.8, 4) is 0 Å². The zero-order chi connectivity index (χ0) is 20.8. The Balaban J connectivity index is 2.65. The van der Waals surface area contributed by atoms with Crippen LogP contribution in [0.4, 0.5) is 0 Å². The Bertz CT molecular complexity index is 517. The van der Waals surface area contributed by atoms with Gasteiger partial charge >= 0.3 is 5.97 Å². The summed E-state index contributed by atoms with van der Waals surface area (Å²) in [5.41, 5.74) is 0. The molecule has 0 aromatic rings. The third kappa shape index (κ3) is 9.89. The van der Waals surface area contributed by atoms with Gasteiger partial charge in [0.05, 0.1) is 12.7 Å². The van der Waals surface area contributed by atoms with E-state index < -0.39 is 12.1 Å². The van der Waals surface area contributed by atoms with Crippen LogP contribution in [-0.2, 0) is 9.59 Å². The molecule has 160 valence electrons. The number of rotatable bonds is 15. The lowest BCUT2D eigenvalue weighted by molar-refractivity contribution is -0.137. The number of hydrogen-bond acceptors (Lipinski definition) is 5. The van der Waals surface area contributed by atoms with Gasteiger partial charge in [0.2, 0.25) is 0 Å². The van der Waals surface area contributed by atoms with Crippen LogP contribution in [0.15, 0.2) is 24.3 Å². The summed E-state index contributed by atoms with van der Waals surface area (Å²) in [6, 6.07) is 0. The number of Topliss-reactive ketones (excluding diaryl/α,β-unsaturated/α-hetero) is 1. The lowest BCUT2D eigenvalue weighted by atomic mass is 9.91. The lowest BCUT2D eigenvalue weighted by Crippen LogP contribution is -2.18. The molecule has 0 heterocycles. The second-order valence-electron chi connectivity index (χ2n) is 7.43. The number of carbonyl (C=O) groups is 2. The number of aliphatic hydroxyl groups is 2. The van der Waals surface area contributed by atoms with Gasteiger partial charge < -0.3 is 15.3 Å². The van der Waals surface area contributed by atoms with Gasteiger partial charge in [-0.05, 0) is 31.6 Å². The molecule has 0 aliphatic heterocycles. The average Bonchev–Trinajstić information content (AvgIpc) is 2.95. The predicted molar refractivity (Wildman–Crippen MR) is 114 cm³/mol. The molecule has 0 spiro atoms. The molecule has 0 unspecified atom stereocenters. The molecule has 1 fully saturated rings. The summed E-state index contributed by atoms with van der Waals surface area (Å²) in [5.74, 6) is 0.0186. The van der Waals surface area contributed by atoms with Crippen LogP contribution >= 0.6 is 11.8 Å². The van der Waals surface area contributed by atoms with Crippen molar-refractivity contribution < 1.29 is 24.9 Å². The summed E-state index contributed by atoms with van der Waals surface area (Å²) in [6.45, 7) is 2.23. The average molecular weight is 413 g/mol. The van der Waals surface area contributed by atoms with E-state index in [1.807, 2.05) is 24.3 Å². The van der Waals surface area contributed by atoms with Crippen LogP contribution in [0.3, 0.4) is 0 Å². The zero-order valence-electron chi connectivity index (χ0n) is 17.0. The molecule has 3 N–H and O–H groups in total. The fraction of sp³-hybridized carbons (Fsp3) is 0.727. The highest BCUT2D eigenvalue weighted by Gasteiger charge is 2.40. The Morgan fingerprint density at radius 1 is 1.29 bits per heavy atom. The van der Waals surface area contributed by atoms with Crippen LogP contribution in [0, 0.1) is 11.8 Å². The van der Waals surface area contributed by atoms with Crippen LogP contribution in [0.25, 0.3) is 0 Å². The van der Waals surface area contributed by atoms with E-state index in [0.717, 1.165) is 25.7 Å². The van der Waals surface area contributed by atoms with Crippen molar-refractivity contribution in [2.75, 3.05) is 12.4 Å². The highest BCUT2D eigenvalue weighted by atomic mass is 32.2. The Hall–Kier alpha value is -1.11. The van der Waals surface area contributed by atoms with Crippen molar-refractivity contribution in [3.63, 3.8) is 0 Å². The van der Waals surface area contributed by atoms with Crippen molar-refractivity contribution in [2.45, 2.75) is 76.1 Å². The number of ketones is 1. The van der Waals surface area contributed by atoms with E-state index in [1.54, 1.807) is 11.8 Å². The Kier molecular flexibility index (Phi) is 13.2. The van der Waals surface area contributed by atoms with Gasteiger partial charge in [-0.25, -0.2) is 0 Å². The molecular weight excluding hydrogens is 376 g/mol. The van der Waals surface area contributed by atoms with Gasteiger partial charge in [-0.1, -0.05) is 50.5 Å². The molecule has 6 heteroatoms. The highest BCUT2D eigenvalue weighted by molar-refractivity contribution is 8.00. The quantitative estimate of drug-likeness (QED) is 0.278. The molecule has 1 aliphatic rings. The number of allylic oxidation sites excluding steroid dienone is 3. The first-order valence-corrected chi connectivity index (χ1v) is 11.5. The first-order valence-electron chi connectivity index (χ1n) is 10.5. The second kappa shape index (κ2) is 14.8. The minimum Gasteiger partial charge on any atom is -0.481 e. The van der Waals surface area contributed by atoms with Crippen molar-refractivity contribution >= 4 is 23.5 Å². The van der Waals surface area contributed by atoms with E-state index in [4.69, 9.17) is 10.2 Å². The van der Waals surface area contributed by atoms with Crippen LogP contribution in [0.1, 0.15) is 64.7 Å². The zero-order valence-corrected chi connectivity index (χ0v) is 17.8. The van der Waals surface area contributed by atoms with Gasteiger partial charge in [0.1, 0.15) is 5.78 Å². The van der Waals surface area contributed by atoms with Gasteiger partial charge in [0.15, 0.2) is 0 Å². The van der Waals surface area contributed by atoms with Crippen LogP contribution < -0.4 is 0 Å². The summed E-state index contributed by atoms with van der Waals surface area (Å²) in [6.07, 6.45) is 13.9. The van der Waals surface area contributed by atoms with E-state index in [1.165, 1.54) is 0 Å². The Labute approximate surface area is 173 Å². The SMILES string of the molecule is CCCCC[C@H](O)/C=C/[C@H]1[C@H](SCCO)CC(=O)[C@@H]1C/C=C\CCCC(=O)O. The minimum absolute atomic E-state index is 0.0635. The molecule has 1 saturated carbocycles. The van der Waals surface area contributed by atoms with E-state index in [2.05, 4.69) is 6.92 Å². The molecule has 28 heavy (non-hydrogen) atoms. The maximum Gasteiger partial charge on any atom is 0.303 e. The van der Waals surface area contributed by atoms with Gasteiger partial charge in [-0.3, -0.25) is 9.59 Å². The van der Waals surface area contributed by atoms with Crippen molar-refractivity contribution in [1.29, 1.82) is 0 Å². The van der Waals surface area contributed by atoms with Crippen LogP contribution in [0.5, 0.6) is 0 Å². The smallest absolute Gasteiger partial charge is 0.303 e. The molecule has 0 bridgehead atoms. The van der Waals surface area contributed by atoms with E-state index in [-0.39, 0.29) is 35.9 Å². The van der Waals surface area contributed by atoms with Crippen LogP contribution in [-0.4, -0.2) is 50.8 Å². The van der Waals surface area contributed by atoms with Crippen molar-refractivity contribution in [3.05, 3.63) is 24.3 Å². The maximum atomic E-state index is 12.5. The number of carboxylic acid groups (broad SMARTS) is 1. The summed E-state index contributed by atoms with van der Waals surface area (Å²) < 4.78 is 0. The summed E-state index contributed by atoms with van der Waals surface area (Å²) in [7, 11) is 0. The third-order valence-corrected chi connectivity index (χ3v) is 6.44. The second-order valence-corrected chi connectivity index (χ2v) is 8.78. The lowest BCUT2D eigenvalue weighted by Gasteiger charge is -2.20. The van der Waals surface area contributed by atoms with E-state index >= 15 is 0 Å². The molecule has 4 atom stereocenters. The van der Waals surface area contributed by atoms with E-state index in [9.17, 15) is 14.7 Å². The highest BCUT2D eigenvalue weighted by Crippen LogP contribution is 2.40. The topological polar surface area (TPSA) is 94.8 Å². The van der Waals surface area contributed by atoms with Crippen LogP contribution in [0.2, 0.25) is 0 Å². The number of aliphatic carboxylic acids is 1. The predicted octanol–water partition coefficient (Wildman–Crippen LogP) is 3.98. The number of unbranched alkanes of at least 4 members (excludes halogenated alkanes) is 3. The molecule has 0 radical (unpaired) electrons. The summed E-state index contributed by atoms with van der Waals surface area (Å²) >= 11 is 1.63. The maximum absolute atomic E-state index is 12.5. The molecule has 0 amide bonds. The third-order valence-electron chi connectivity index (χ3n) is 5.11. The van der Waals surface area contributed by atoms with Crippen molar-refractivity contribution in [2.24, 2.45) is 11.8 Å². The molecule has 0 aromatic heterocycles. The molecule has 0 aromatic carbocycles. The van der Waals surface area contributed by atoms with Gasteiger partial charge in [0.25, 0.3) is 0 Å². The first-order chi connectivity index (χ1) is 13.5. The number of carbonyl (C=O) groups excluding carboxylic acids is 1.